The fraction of sp³-hybridized carbons (Fsp3) is 0.889. The van der Waals surface area contributed by atoms with Crippen LogP contribution in [-0.4, -0.2) is 37.8 Å². The summed E-state index contributed by atoms with van der Waals surface area (Å²) >= 11 is 0. The predicted octanol–water partition coefficient (Wildman–Crippen LogP) is 0.623. The van der Waals surface area contributed by atoms with E-state index in [9.17, 15) is 14.9 Å². The molecule has 1 rings (SSSR count). The maximum atomic E-state index is 11.2. The van der Waals surface area contributed by atoms with Crippen LogP contribution in [0.2, 0.25) is 0 Å². The topological polar surface area (TPSA) is 78.7 Å². The van der Waals surface area contributed by atoms with Gasteiger partial charge in [-0.15, -0.1) is 0 Å². The Bertz CT molecular complexity index is 247. The van der Waals surface area contributed by atoms with Crippen LogP contribution >= 0.6 is 0 Å². The Kier molecular flexibility index (Phi) is 4.02. The summed E-state index contributed by atoms with van der Waals surface area (Å²) in [5.74, 6) is -0.390. The molecule has 1 aliphatic rings. The summed E-state index contributed by atoms with van der Waals surface area (Å²) in [4.78, 5) is 21.4. The Morgan fingerprint density at radius 3 is 2.60 bits per heavy atom. The second-order valence-corrected chi connectivity index (χ2v) is 3.86. The smallest absolute Gasteiger partial charge is 0.306 e. The number of nitro groups is 1. The average Bonchev–Trinajstić information content (AvgIpc) is 2.17. The third kappa shape index (κ3) is 3.47. The van der Waals surface area contributed by atoms with Crippen molar-refractivity contribution in [3.8, 4) is 0 Å². The van der Waals surface area contributed by atoms with Gasteiger partial charge >= 0.3 is 5.97 Å². The molecule has 1 heterocycles. The molecule has 0 N–H and O–H groups in total. The van der Waals surface area contributed by atoms with E-state index < -0.39 is 11.4 Å². The first-order valence-corrected chi connectivity index (χ1v) is 4.84. The fourth-order valence-electron chi connectivity index (χ4n) is 1.85. The van der Waals surface area contributed by atoms with E-state index in [1.54, 1.807) is 0 Å². The number of methoxy groups -OCH3 is 1. The molecular formula is C9H15NO5. The third-order valence-corrected chi connectivity index (χ3v) is 2.76. The summed E-state index contributed by atoms with van der Waals surface area (Å²) in [5, 5.41) is 10.6. The van der Waals surface area contributed by atoms with Crippen LogP contribution in [0.1, 0.15) is 19.3 Å². The van der Waals surface area contributed by atoms with Crippen molar-refractivity contribution in [2.24, 2.45) is 5.41 Å². The number of rotatable bonds is 4. The highest BCUT2D eigenvalue weighted by molar-refractivity contribution is 5.70. The largest absolute Gasteiger partial charge is 0.469 e. The lowest BCUT2D eigenvalue weighted by Gasteiger charge is -2.32. The summed E-state index contributed by atoms with van der Waals surface area (Å²) in [6.07, 6.45) is 1.19. The van der Waals surface area contributed by atoms with Crippen LogP contribution in [0.15, 0.2) is 0 Å². The van der Waals surface area contributed by atoms with Crippen molar-refractivity contribution in [1.82, 2.24) is 0 Å². The van der Waals surface area contributed by atoms with Gasteiger partial charge in [0.25, 0.3) is 0 Å². The number of esters is 1. The lowest BCUT2D eigenvalue weighted by Crippen LogP contribution is -2.38. The van der Waals surface area contributed by atoms with Gasteiger partial charge < -0.3 is 9.47 Å². The predicted molar refractivity (Wildman–Crippen MR) is 51.0 cm³/mol. The summed E-state index contributed by atoms with van der Waals surface area (Å²) < 4.78 is 9.70. The number of hydrogen-bond acceptors (Lipinski definition) is 5. The first-order valence-electron chi connectivity index (χ1n) is 4.84. The number of ether oxygens (including phenoxy) is 2. The molecule has 1 fully saturated rings. The van der Waals surface area contributed by atoms with Crippen molar-refractivity contribution in [1.29, 1.82) is 0 Å². The van der Waals surface area contributed by atoms with Crippen LogP contribution in [0.4, 0.5) is 0 Å². The quantitative estimate of drug-likeness (QED) is 0.392. The number of carbonyl (C=O) groups is 1. The van der Waals surface area contributed by atoms with Gasteiger partial charge in [-0.05, 0) is 12.8 Å². The molecule has 0 aromatic heterocycles. The Labute approximate surface area is 87.7 Å². The van der Waals surface area contributed by atoms with Gasteiger partial charge in [-0.3, -0.25) is 14.9 Å². The van der Waals surface area contributed by atoms with Crippen LogP contribution in [0.25, 0.3) is 0 Å². The normalized spacial score (nSPS) is 19.5. The second kappa shape index (κ2) is 5.06. The number of hydrogen-bond donors (Lipinski definition) is 0. The van der Waals surface area contributed by atoms with E-state index in [4.69, 9.17) is 4.74 Å². The van der Waals surface area contributed by atoms with Crippen molar-refractivity contribution in [3.05, 3.63) is 10.1 Å². The Morgan fingerprint density at radius 1 is 1.53 bits per heavy atom. The highest BCUT2D eigenvalue weighted by Crippen LogP contribution is 2.34. The summed E-state index contributed by atoms with van der Waals surface area (Å²) in [5.41, 5.74) is -0.575. The van der Waals surface area contributed by atoms with E-state index in [-0.39, 0.29) is 17.9 Å². The molecule has 0 bridgehead atoms. The van der Waals surface area contributed by atoms with Crippen molar-refractivity contribution in [3.63, 3.8) is 0 Å². The maximum Gasteiger partial charge on any atom is 0.306 e. The summed E-state index contributed by atoms with van der Waals surface area (Å²) in [6, 6.07) is 0. The SMILES string of the molecule is COC(=O)CC1(C[N+](=O)[O-])CCOCC1. The van der Waals surface area contributed by atoms with E-state index in [2.05, 4.69) is 4.74 Å². The van der Waals surface area contributed by atoms with Crippen LogP contribution < -0.4 is 0 Å². The summed E-state index contributed by atoms with van der Waals surface area (Å²) in [7, 11) is 1.29. The molecule has 0 atom stereocenters. The van der Waals surface area contributed by atoms with Crippen LogP contribution in [0, 0.1) is 15.5 Å². The molecule has 6 nitrogen and oxygen atoms in total. The monoisotopic (exact) mass is 217 g/mol. The van der Waals surface area contributed by atoms with Crippen LogP contribution in [0.5, 0.6) is 0 Å². The zero-order chi connectivity index (χ0) is 11.3. The minimum Gasteiger partial charge on any atom is -0.469 e. The molecule has 6 heteroatoms. The number of nitrogens with zero attached hydrogens (tertiary/aromatic N) is 1. The zero-order valence-corrected chi connectivity index (χ0v) is 8.73. The van der Waals surface area contributed by atoms with E-state index in [0.29, 0.717) is 26.1 Å². The van der Waals surface area contributed by atoms with Gasteiger partial charge in [0.05, 0.1) is 13.5 Å². The molecular weight excluding hydrogens is 202 g/mol. The van der Waals surface area contributed by atoms with E-state index >= 15 is 0 Å². The molecule has 0 spiro atoms. The minimum absolute atomic E-state index is 0.105. The van der Waals surface area contributed by atoms with Gasteiger partial charge in [0, 0.05) is 23.6 Å². The standard InChI is InChI=1S/C9H15NO5/c1-14-8(11)6-9(7-10(12)13)2-4-15-5-3-9/h2-7H2,1H3. The molecule has 86 valence electrons. The van der Waals surface area contributed by atoms with Crippen LogP contribution in [0.3, 0.4) is 0 Å². The third-order valence-electron chi connectivity index (χ3n) is 2.76. The van der Waals surface area contributed by atoms with Gasteiger partial charge in [-0.25, -0.2) is 0 Å². The molecule has 0 radical (unpaired) electrons. The second-order valence-electron chi connectivity index (χ2n) is 3.86. The van der Waals surface area contributed by atoms with Gasteiger partial charge in [0.15, 0.2) is 0 Å². The lowest BCUT2D eigenvalue weighted by molar-refractivity contribution is -0.499. The summed E-state index contributed by atoms with van der Waals surface area (Å²) in [6.45, 7) is 0.765. The van der Waals surface area contributed by atoms with Crippen molar-refractivity contribution in [2.75, 3.05) is 26.9 Å². The molecule has 0 unspecified atom stereocenters. The highest BCUT2D eigenvalue weighted by Gasteiger charge is 2.40. The van der Waals surface area contributed by atoms with Gasteiger partial charge in [-0.1, -0.05) is 0 Å². The molecule has 0 aromatic carbocycles. The average molecular weight is 217 g/mol. The Balaban J connectivity index is 2.65. The zero-order valence-electron chi connectivity index (χ0n) is 8.73. The maximum absolute atomic E-state index is 11.2. The first-order chi connectivity index (χ1) is 7.08. The number of carbonyl (C=O) groups excluding carboxylic acids is 1. The van der Waals surface area contributed by atoms with Gasteiger partial charge in [0.2, 0.25) is 6.54 Å². The molecule has 15 heavy (non-hydrogen) atoms. The molecule has 1 aliphatic heterocycles. The van der Waals surface area contributed by atoms with Gasteiger partial charge in [-0.2, -0.15) is 0 Å². The first kappa shape index (κ1) is 11.9. The Morgan fingerprint density at radius 2 is 2.13 bits per heavy atom. The van der Waals surface area contributed by atoms with Crippen LogP contribution in [-0.2, 0) is 14.3 Å². The van der Waals surface area contributed by atoms with Crippen molar-refractivity contribution >= 4 is 5.97 Å². The molecule has 0 aromatic rings. The fourth-order valence-corrected chi connectivity index (χ4v) is 1.85. The minimum atomic E-state index is -0.575. The van der Waals surface area contributed by atoms with E-state index in [1.165, 1.54) is 7.11 Å². The molecule has 0 amide bonds. The van der Waals surface area contributed by atoms with Crippen molar-refractivity contribution < 1.29 is 19.2 Å². The van der Waals surface area contributed by atoms with E-state index in [0.717, 1.165) is 0 Å². The van der Waals surface area contributed by atoms with Gasteiger partial charge in [0.1, 0.15) is 0 Å². The molecule has 0 saturated carbocycles. The molecule has 1 saturated heterocycles. The van der Waals surface area contributed by atoms with E-state index in [1.807, 2.05) is 0 Å². The lowest BCUT2D eigenvalue weighted by atomic mass is 9.77. The Hall–Kier alpha value is -1.17. The van der Waals surface area contributed by atoms with Crippen molar-refractivity contribution in [2.45, 2.75) is 19.3 Å². The molecule has 0 aliphatic carbocycles. The highest BCUT2D eigenvalue weighted by atomic mass is 16.6.